The lowest BCUT2D eigenvalue weighted by Crippen LogP contribution is -2.27. The molecule has 0 aromatic heterocycles. The molecule has 0 fully saturated rings. The number of methoxy groups -OCH3 is 3. The van der Waals surface area contributed by atoms with Crippen molar-refractivity contribution < 1.29 is 28.9 Å². The number of allylic oxidation sites excluding steroid dienone is 1. The molecule has 2 aromatic carbocycles. The number of hydrogen-bond acceptors (Lipinski definition) is 6. The Kier molecular flexibility index (Phi) is 6.65. The van der Waals surface area contributed by atoms with Gasteiger partial charge in [-0.25, -0.2) is 4.79 Å². The first-order chi connectivity index (χ1) is 14.9. The van der Waals surface area contributed by atoms with Crippen molar-refractivity contribution in [2.45, 2.75) is 13.3 Å². The van der Waals surface area contributed by atoms with E-state index in [1.165, 1.54) is 20.3 Å². The first-order valence-electron chi connectivity index (χ1n) is 9.73. The van der Waals surface area contributed by atoms with E-state index in [0.717, 1.165) is 11.3 Å². The first kappa shape index (κ1) is 22.0. The van der Waals surface area contributed by atoms with E-state index in [1.807, 2.05) is 24.3 Å². The third-order valence-electron chi connectivity index (χ3n) is 5.23. The van der Waals surface area contributed by atoms with Gasteiger partial charge in [-0.15, -0.1) is 0 Å². The van der Waals surface area contributed by atoms with Crippen LogP contribution >= 0.6 is 0 Å². The monoisotopic (exact) mass is 423 g/mol. The molecule has 0 unspecified atom stereocenters. The summed E-state index contributed by atoms with van der Waals surface area (Å²) in [5.41, 5.74) is 2.27. The fourth-order valence-corrected chi connectivity index (χ4v) is 3.51. The molecule has 1 aliphatic rings. The highest BCUT2D eigenvalue weighted by atomic mass is 16.5. The number of nitrogens with zero attached hydrogens (tertiary/aromatic N) is 1. The number of carbonyl (C=O) groups is 2. The second kappa shape index (κ2) is 9.38. The molecular formula is C24H25NO6. The topological polar surface area (TPSA) is 85.3 Å². The van der Waals surface area contributed by atoms with E-state index in [9.17, 15) is 14.7 Å². The molecule has 0 atom stereocenters. The molecule has 0 saturated heterocycles. The van der Waals surface area contributed by atoms with Crippen LogP contribution in [0.3, 0.4) is 0 Å². The number of amides is 1. The van der Waals surface area contributed by atoms with Crippen LogP contribution in [0.1, 0.15) is 18.1 Å². The van der Waals surface area contributed by atoms with E-state index in [1.54, 1.807) is 37.1 Å². The molecule has 1 amide bonds. The highest BCUT2D eigenvalue weighted by molar-refractivity contribution is 6.16. The van der Waals surface area contributed by atoms with Crippen LogP contribution in [0.5, 0.6) is 17.2 Å². The van der Waals surface area contributed by atoms with Gasteiger partial charge in [0.1, 0.15) is 5.75 Å². The molecule has 0 saturated carbocycles. The van der Waals surface area contributed by atoms with Crippen LogP contribution in [0, 0.1) is 0 Å². The van der Waals surface area contributed by atoms with Gasteiger partial charge >= 0.3 is 5.97 Å². The number of carbonyl (C=O) groups excluding carboxylic acids is 2. The van der Waals surface area contributed by atoms with E-state index in [0.29, 0.717) is 24.2 Å². The summed E-state index contributed by atoms with van der Waals surface area (Å²) in [5.74, 6) is -0.00577. The normalized spacial score (nSPS) is 14.9. The van der Waals surface area contributed by atoms with Gasteiger partial charge in [0.05, 0.1) is 32.5 Å². The van der Waals surface area contributed by atoms with Gasteiger partial charge in [0.15, 0.2) is 11.5 Å². The van der Waals surface area contributed by atoms with E-state index in [2.05, 4.69) is 0 Å². The average Bonchev–Trinajstić information content (AvgIpc) is 3.02. The fraction of sp³-hybridized carbons (Fsp3) is 0.250. The standard InChI is InChI=1S/C24H25NO6/c1-15-21(24(28)31-4)19(14-17-6-5-7-20(30-3)22(17)26)23(27)25(15)13-12-16-8-10-18(29-2)11-9-16/h5-11,14,26H,12-13H2,1-4H3/b19-14-. The molecule has 0 spiro atoms. The number of rotatable bonds is 7. The quantitative estimate of drug-likeness (QED) is 0.543. The number of benzene rings is 2. The molecule has 1 aliphatic heterocycles. The van der Waals surface area contributed by atoms with Crippen LogP contribution in [-0.4, -0.2) is 49.8 Å². The van der Waals surface area contributed by atoms with Gasteiger partial charge in [0.25, 0.3) is 5.91 Å². The van der Waals surface area contributed by atoms with E-state index < -0.39 is 5.97 Å². The first-order valence-corrected chi connectivity index (χ1v) is 9.73. The highest BCUT2D eigenvalue weighted by Gasteiger charge is 2.37. The van der Waals surface area contributed by atoms with Gasteiger partial charge in [0, 0.05) is 17.8 Å². The third kappa shape index (κ3) is 4.40. The summed E-state index contributed by atoms with van der Waals surface area (Å²) in [6, 6.07) is 12.5. The Morgan fingerprint density at radius 1 is 1.06 bits per heavy atom. The number of phenolic OH excluding ortho intramolecular Hbond substituents is 1. The Labute approximate surface area is 181 Å². The number of para-hydroxylation sites is 1. The number of aromatic hydroxyl groups is 1. The summed E-state index contributed by atoms with van der Waals surface area (Å²) < 4.78 is 15.2. The van der Waals surface area contributed by atoms with Gasteiger partial charge in [0.2, 0.25) is 0 Å². The lowest BCUT2D eigenvalue weighted by molar-refractivity contribution is -0.136. The molecule has 7 nitrogen and oxygen atoms in total. The molecule has 31 heavy (non-hydrogen) atoms. The molecule has 0 aliphatic carbocycles. The van der Waals surface area contributed by atoms with Crippen molar-refractivity contribution in [3.05, 3.63) is 70.4 Å². The average molecular weight is 423 g/mol. The lowest BCUT2D eigenvalue weighted by atomic mass is 10.0. The minimum absolute atomic E-state index is 0.108. The maximum atomic E-state index is 13.2. The Bertz CT molecular complexity index is 1050. The summed E-state index contributed by atoms with van der Waals surface area (Å²) in [7, 11) is 4.32. The largest absolute Gasteiger partial charge is 0.504 e. The van der Waals surface area contributed by atoms with Crippen LogP contribution < -0.4 is 9.47 Å². The Morgan fingerprint density at radius 3 is 2.39 bits per heavy atom. The summed E-state index contributed by atoms with van der Waals surface area (Å²) in [6.45, 7) is 2.10. The van der Waals surface area contributed by atoms with Crippen molar-refractivity contribution in [3.63, 3.8) is 0 Å². The number of hydrogen-bond donors (Lipinski definition) is 1. The second-order valence-electron chi connectivity index (χ2n) is 6.96. The predicted octanol–water partition coefficient (Wildman–Crippen LogP) is 3.32. The highest BCUT2D eigenvalue weighted by Crippen LogP contribution is 2.36. The molecule has 2 aromatic rings. The van der Waals surface area contributed by atoms with Gasteiger partial charge in [-0.1, -0.05) is 24.3 Å². The summed E-state index contributed by atoms with van der Waals surface area (Å²) in [4.78, 5) is 27.2. The molecule has 1 heterocycles. The van der Waals surface area contributed by atoms with Crippen molar-refractivity contribution in [2.24, 2.45) is 0 Å². The number of phenols is 1. The molecule has 7 heteroatoms. The van der Waals surface area contributed by atoms with Gasteiger partial charge in [-0.3, -0.25) is 4.79 Å². The number of esters is 1. The van der Waals surface area contributed by atoms with Crippen LogP contribution in [0.15, 0.2) is 59.3 Å². The summed E-state index contributed by atoms with van der Waals surface area (Å²) in [5, 5.41) is 10.4. The van der Waals surface area contributed by atoms with Crippen molar-refractivity contribution in [1.82, 2.24) is 4.90 Å². The van der Waals surface area contributed by atoms with E-state index in [-0.39, 0.29) is 28.6 Å². The molecule has 1 N–H and O–H groups in total. The van der Waals surface area contributed by atoms with Gasteiger partial charge < -0.3 is 24.2 Å². The lowest BCUT2D eigenvalue weighted by Gasteiger charge is -2.18. The van der Waals surface area contributed by atoms with E-state index >= 15 is 0 Å². The minimum Gasteiger partial charge on any atom is -0.504 e. The SMILES string of the molecule is COC(=O)C1=C(C)N(CCc2ccc(OC)cc2)C(=O)/C1=C\c1cccc(OC)c1O. The predicted molar refractivity (Wildman–Crippen MR) is 116 cm³/mol. The molecule has 0 radical (unpaired) electrons. The molecule has 162 valence electrons. The summed E-state index contributed by atoms with van der Waals surface area (Å²) >= 11 is 0. The van der Waals surface area contributed by atoms with Crippen molar-refractivity contribution in [3.8, 4) is 17.2 Å². The minimum atomic E-state index is -0.605. The van der Waals surface area contributed by atoms with Crippen molar-refractivity contribution >= 4 is 18.0 Å². The Balaban J connectivity index is 1.93. The van der Waals surface area contributed by atoms with Crippen molar-refractivity contribution in [1.29, 1.82) is 0 Å². The summed E-state index contributed by atoms with van der Waals surface area (Å²) in [6.07, 6.45) is 2.09. The number of ether oxygens (including phenoxy) is 3. The van der Waals surface area contributed by atoms with Crippen LogP contribution in [0.25, 0.3) is 6.08 Å². The van der Waals surface area contributed by atoms with E-state index in [4.69, 9.17) is 14.2 Å². The van der Waals surface area contributed by atoms with Gasteiger partial charge in [-0.2, -0.15) is 0 Å². The fourth-order valence-electron chi connectivity index (χ4n) is 3.51. The maximum Gasteiger partial charge on any atom is 0.340 e. The zero-order valence-corrected chi connectivity index (χ0v) is 18.0. The zero-order valence-electron chi connectivity index (χ0n) is 18.0. The third-order valence-corrected chi connectivity index (χ3v) is 5.23. The zero-order chi connectivity index (χ0) is 22.5. The Hall–Kier alpha value is -3.74. The van der Waals surface area contributed by atoms with Crippen molar-refractivity contribution in [2.75, 3.05) is 27.9 Å². The van der Waals surface area contributed by atoms with Crippen LogP contribution in [0.2, 0.25) is 0 Å². The maximum absolute atomic E-state index is 13.2. The molecule has 3 rings (SSSR count). The molecular weight excluding hydrogens is 398 g/mol. The van der Waals surface area contributed by atoms with Crippen LogP contribution in [-0.2, 0) is 20.7 Å². The van der Waals surface area contributed by atoms with Gasteiger partial charge in [-0.05, 0) is 43.2 Å². The smallest absolute Gasteiger partial charge is 0.340 e. The molecule has 0 bridgehead atoms. The second-order valence-corrected chi connectivity index (χ2v) is 6.96. The van der Waals surface area contributed by atoms with Crippen LogP contribution in [0.4, 0.5) is 0 Å². The Morgan fingerprint density at radius 2 is 1.77 bits per heavy atom.